The number of pyridine rings is 1. The van der Waals surface area contributed by atoms with Crippen molar-refractivity contribution in [2.45, 2.75) is 13.0 Å². The number of hydrogen-bond donors (Lipinski definition) is 1. The number of benzene rings is 1. The van der Waals surface area contributed by atoms with E-state index in [-0.39, 0.29) is 12.3 Å². The van der Waals surface area contributed by atoms with Crippen LogP contribution in [0.15, 0.2) is 61.1 Å². The summed E-state index contributed by atoms with van der Waals surface area (Å²) in [6, 6.07) is 13.4. The van der Waals surface area contributed by atoms with Gasteiger partial charge in [0.05, 0.1) is 25.4 Å². The Labute approximate surface area is 140 Å². The Bertz CT molecular complexity index is 797. The predicted octanol–water partition coefficient (Wildman–Crippen LogP) is 2.13. The molecule has 6 nitrogen and oxygen atoms in total. The number of ether oxygens (including phenoxy) is 1. The quantitative estimate of drug-likeness (QED) is 0.755. The van der Waals surface area contributed by atoms with Crippen LogP contribution in [0.25, 0.3) is 5.69 Å². The number of carbonyl (C=O) groups excluding carboxylic acids is 1. The lowest BCUT2D eigenvalue weighted by molar-refractivity contribution is -0.120. The van der Waals surface area contributed by atoms with E-state index in [1.807, 2.05) is 42.6 Å². The second-order valence-electron chi connectivity index (χ2n) is 5.29. The van der Waals surface area contributed by atoms with Crippen molar-refractivity contribution in [3.63, 3.8) is 0 Å². The molecule has 0 spiro atoms. The van der Waals surface area contributed by atoms with Crippen molar-refractivity contribution in [2.75, 3.05) is 7.11 Å². The minimum atomic E-state index is -0.0570. The second kappa shape index (κ2) is 7.41. The van der Waals surface area contributed by atoms with E-state index in [9.17, 15) is 4.79 Å². The lowest BCUT2D eigenvalue weighted by Crippen LogP contribution is -2.24. The van der Waals surface area contributed by atoms with Crippen molar-refractivity contribution in [3.05, 3.63) is 72.2 Å². The van der Waals surface area contributed by atoms with Gasteiger partial charge in [0, 0.05) is 25.0 Å². The zero-order chi connectivity index (χ0) is 16.8. The number of carbonyl (C=O) groups is 1. The molecule has 0 radical (unpaired) electrons. The topological polar surface area (TPSA) is 69.0 Å². The summed E-state index contributed by atoms with van der Waals surface area (Å²) < 4.78 is 6.76. The zero-order valence-electron chi connectivity index (χ0n) is 13.3. The number of para-hydroxylation sites is 1. The standard InChI is InChI=1S/C18H18N4O2/c1-24-18-8-7-14(11-20-18)10-19-17(23)9-15-12-21-22(13-15)16-5-3-2-4-6-16/h2-8,11-13H,9-10H2,1H3,(H,19,23). The first-order valence-electron chi connectivity index (χ1n) is 7.59. The molecule has 0 unspecified atom stereocenters. The average molecular weight is 322 g/mol. The first-order valence-corrected chi connectivity index (χ1v) is 7.59. The summed E-state index contributed by atoms with van der Waals surface area (Å²) in [5.74, 6) is 0.497. The van der Waals surface area contributed by atoms with Gasteiger partial charge in [-0.1, -0.05) is 24.3 Å². The molecule has 0 aliphatic heterocycles. The minimum Gasteiger partial charge on any atom is -0.481 e. The van der Waals surface area contributed by atoms with Crippen LogP contribution < -0.4 is 10.1 Å². The number of rotatable bonds is 6. The van der Waals surface area contributed by atoms with E-state index in [2.05, 4.69) is 15.4 Å². The fourth-order valence-corrected chi connectivity index (χ4v) is 2.26. The Kier molecular flexibility index (Phi) is 4.86. The molecule has 0 fully saturated rings. The van der Waals surface area contributed by atoms with Gasteiger partial charge in [-0.05, 0) is 23.3 Å². The van der Waals surface area contributed by atoms with E-state index >= 15 is 0 Å². The molecule has 0 saturated carbocycles. The third-order valence-corrected chi connectivity index (χ3v) is 3.52. The molecule has 6 heteroatoms. The summed E-state index contributed by atoms with van der Waals surface area (Å²) in [4.78, 5) is 16.2. The molecule has 0 atom stereocenters. The van der Waals surface area contributed by atoms with Crippen molar-refractivity contribution < 1.29 is 9.53 Å². The summed E-state index contributed by atoms with van der Waals surface area (Å²) in [7, 11) is 1.57. The van der Waals surface area contributed by atoms with Crippen molar-refractivity contribution in [3.8, 4) is 11.6 Å². The van der Waals surface area contributed by atoms with Crippen LogP contribution in [-0.2, 0) is 17.8 Å². The van der Waals surface area contributed by atoms with Gasteiger partial charge in [0.1, 0.15) is 0 Å². The molecule has 3 aromatic rings. The Hall–Kier alpha value is -3.15. The van der Waals surface area contributed by atoms with Crippen LogP contribution in [0.4, 0.5) is 0 Å². The van der Waals surface area contributed by atoms with E-state index in [4.69, 9.17) is 4.74 Å². The van der Waals surface area contributed by atoms with Gasteiger partial charge in [-0.25, -0.2) is 9.67 Å². The van der Waals surface area contributed by atoms with Crippen LogP contribution in [0.3, 0.4) is 0 Å². The highest BCUT2D eigenvalue weighted by Gasteiger charge is 2.07. The number of nitrogens with zero attached hydrogens (tertiary/aromatic N) is 3. The van der Waals surface area contributed by atoms with Crippen LogP contribution >= 0.6 is 0 Å². The maximum Gasteiger partial charge on any atom is 0.224 e. The average Bonchev–Trinajstić information content (AvgIpc) is 3.09. The van der Waals surface area contributed by atoms with E-state index < -0.39 is 0 Å². The van der Waals surface area contributed by atoms with E-state index in [1.165, 1.54) is 0 Å². The molecule has 0 saturated heterocycles. The summed E-state index contributed by atoms with van der Waals surface area (Å²) in [6.07, 6.45) is 5.55. The lowest BCUT2D eigenvalue weighted by Gasteiger charge is -2.05. The molecular weight excluding hydrogens is 304 g/mol. The van der Waals surface area contributed by atoms with Gasteiger partial charge in [-0.15, -0.1) is 0 Å². The Balaban J connectivity index is 1.54. The monoisotopic (exact) mass is 322 g/mol. The summed E-state index contributed by atoms with van der Waals surface area (Å²) >= 11 is 0. The van der Waals surface area contributed by atoms with Gasteiger partial charge in [0.2, 0.25) is 11.8 Å². The van der Waals surface area contributed by atoms with Crippen molar-refractivity contribution in [1.29, 1.82) is 0 Å². The van der Waals surface area contributed by atoms with Crippen LogP contribution in [0.2, 0.25) is 0 Å². The molecule has 122 valence electrons. The van der Waals surface area contributed by atoms with Gasteiger partial charge in [-0.3, -0.25) is 4.79 Å². The van der Waals surface area contributed by atoms with E-state index in [1.54, 1.807) is 30.3 Å². The summed E-state index contributed by atoms with van der Waals surface area (Å²) in [5.41, 5.74) is 2.75. The molecule has 0 bridgehead atoms. The number of methoxy groups -OCH3 is 1. The van der Waals surface area contributed by atoms with Crippen LogP contribution in [0.5, 0.6) is 5.88 Å². The minimum absolute atomic E-state index is 0.0570. The summed E-state index contributed by atoms with van der Waals surface area (Å²) in [6.45, 7) is 0.433. The van der Waals surface area contributed by atoms with Gasteiger partial charge in [-0.2, -0.15) is 5.10 Å². The van der Waals surface area contributed by atoms with Gasteiger partial charge in [0.25, 0.3) is 0 Å². The third kappa shape index (κ3) is 3.98. The first-order chi connectivity index (χ1) is 11.7. The van der Waals surface area contributed by atoms with E-state index in [0.717, 1.165) is 16.8 Å². The fourth-order valence-electron chi connectivity index (χ4n) is 2.26. The largest absolute Gasteiger partial charge is 0.481 e. The smallest absolute Gasteiger partial charge is 0.224 e. The van der Waals surface area contributed by atoms with Crippen molar-refractivity contribution in [1.82, 2.24) is 20.1 Å². The van der Waals surface area contributed by atoms with Gasteiger partial charge in [0.15, 0.2) is 0 Å². The lowest BCUT2D eigenvalue weighted by atomic mass is 10.2. The highest BCUT2D eigenvalue weighted by Crippen LogP contribution is 2.09. The maximum absolute atomic E-state index is 12.1. The van der Waals surface area contributed by atoms with Crippen molar-refractivity contribution in [2.24, 2.45) is 0 Å². The third-order valence-electron chi connectivity index (χ3n) is 3.52. The number of aromatic nitrogens is 3. The fraction of sp³-hybridized carbons (Fsp3) is 0.167. The number of nitrogens with one attached hydrogen (secondary N) is 1. The molecule has 2 heterocycles. The molecule has 3 rings (SSSR count). The number of hydrogen-bond acceptors (Lipinski definition) is 4. The maximum atomic E-state index is 12.1. The molecule has 1 amide bonds. The number of amides is 1. The molecule has 0 aliphatic carbocycles. The molecular formula is C18H18N4O2. The van der Waals surface area contributed by atoms with Crippen molar-refractivity contribution >= 4 is 5.91 Å². The molecule has 1 N–H and O–H groups in total. The second-order valence-corrected chi connectivity index (χ2v) is 5.29. The molecule has 24 heavy (non-hydrogen) atoms. The molecule has 2 aromatic heterocycles. The predicted molar refractivity (Wildman–Crippen MR) is 89.9 cm³/mol. The summed E-state index contributed by atoms with van der Waals surface area (Å²) in [5, 5.41) is 7.17. The van der Waals surface area contributed by atoms with Crippen LogP contribution in [0.1, 0.15) is 11.1 Å². The molecule has 1 aromatic carbocycles. The van der Waals surface area contributed by atoms with Crippen LogP contribution in [-0.4, -0.2) is 27.8 Å². The Morgan fingerprint density at radius 1 is 1.12 bits per heavy atom. The van der Waals surface area contributed by atoms with Gasteiger partial charge < -0.3 is 10.1 Å². The Morgan fingerprint density at radius 3 is 2.67 bits per heavy atom. The molecule has 0 aliphatic rings. The first kappa shape index (κ1) is 15.7. The Morgan fingerprint density at radius 2 is 1.96 bits per heavy atom. The SMILES string of the molecule is COc1ccc(CNC(=O)Cc2cnn(-c3ccccc3)c2)cn1. The normalized spacial score (nSPS) is 10.4. The highest BCUT2D eigenvalue weighted by molar-refractivity contribution is 5.78. The van der Waals surface area contributed by atoms with Crippen LogP contribution in [0, 0.1) is 0 Å². The zero-order valence-corrected chi connectivity index (χ0v) is 13.3. The highest BCUT2D eigenvalue weighted by atomic mass is 16.5. The van der Waals surface area contributed by atoms with E-state index in [0.29, 0.717) is 12.4 Å². The van der Waals surface area contributed by atoms with Gasteiger partial charge >= 0.3 is 0 Å².